The lowest BCUT2D eigenvalue weighted by Gasteiger charge is -2.33. The first kappa shape index (κ1) is 16.5. The summed E-state index contributed by atoms with van der Waals surface area (Å²) in [6, 6.07) is 5.33. The number of carbonyl (C=O) groups is 1. The molecular weight excluding hydrogens is 326 g/mol. The summed E-state index contributed by atoms with van der Waals surface area (Å²) in [5.74, 6) is 0.725. The highest BCUT2D eigenvalue weighted by Crippen LogP contribution is 2.21. The SMILES string of the molecule is CNc1ccc(Cl)cc1C(=O)N[C@@H]1CCCN(c2cnccn2)C1. The molecule has 2 aromatic rings. The van der Waals surface area contributed by atoms with E-state index < -0.39 is 0 Å². The monoisotopic (exact) mass is 345 g/mol. The van der Waals surface area contributed by atoms with Crippen molar-refractivity contribution in [3.05, 3.63) is 47.4 Å². The van der Waals surface area contributed by atoms with E-state index in [1.165, 1.54) is 0 Å². The van der Waals surface area contributed by atoms with Crippen LogP contribution in [0, 0.1) is 0 Å². The molecular formula is C17H20ClN5O. The molecule has 24 heavy (non-hydrogen) atoms. The minimum Gasteiger partial charge on any atom is -0.387 e. The van der Waals surface area contributed by atoms with Crippen molar-refractivity contribution in [3.63, 3.8) is 0 Å². The van der Waals surface area contributed by atoms with Crippen molar-refractivity contribution in [1.82, 2.24) is 15.3 Å². The van der Waals surface area contributed by atoms with E-state index in [4.69, 9.17) is 11.6 Å². The van der Waals surface area contributed by atoms with Gasteiger partial charge in [0, 0.05) is 49.3 Å². The van der Waals surface area contributed by atoms with Gasteiger partial charge in [0.05, 0.1) is 11.8 Å². The average molecular weight is 346 g/mol. The molecule has 0 aliphatic carbocycles. The van der Waals surface area contributed by atoms with Crippen molar-refractivity contribution in [1.29, 1.82) is 0 Å². The van der Waals surface area contributed by atoms with E-state index in [-0.39, 0.29) is 11.9 Å². The molecule has 7 heteroatoms. The van der Waals surface area contributed by atoms with Crippen molar-refractivity contribution in [3.8, 4) is 0 Å². The van der Waals surface area contributed by atoms with Gasteiger partial charge in [0.1, 0.15) is 5.82 Å². The Labute approximate surface area is 146 Å². The number of carbonyl (C=O) groups excluding carboxylic acids is 1. The van der Waals surface area contributed by atoms with Crippen LogP contribution in [0.2, 0.25) is 5.02 Å². The van der Waals surface area contributed by atoms with E-state index in [0.29, 0.717) is 10.6 Å². The van der Waals surface area contributed by atoms with Gasteiger partial charge in [-0.05, 0) is 31.0 Å². The van der Waals surface area contributed by atoms with E-state index in [0.717, 1.165) is 37.4 Å². The van der Waals surface area contributed by atoms with Gasteiger partial charge in [-0.25, -0.2) is 4.98 Å². The predicted molar refractivity (Wildman–Crippen MR) is 95.7 cm³/mol. The lowest BCUT2D eigenvalue weighted by atomic mass is 10.0. The molecule has 1 aromatic carbocycles. The van der Waals surface area contributed by atoms with E-state index in [2.05, 4.69) is 25.5 Å². The maximum absolute atomic E-state index is 12.6. The van der Waals surface area contributed by atoms with Gasteiger partial charge in [-0.3, -0.25) is 9.78 Å². The number of aromatic nitrogens is 2. The maximum Gasteiger partial charge on any atom is 0.253 e. The minimum atomic E-state index is -0.118. The highest BCUT2D eigenvalue weighted by atomic mass is 35.5. The molecule has 0 bridgehead atoms. The number of hydrogen-bond donors (Lipinski definition) is 2. The number of rotatable bonds is 4. The van der Waals surface area contributed by atoms with Crippen LogP contribution in [0.5, 0.6) is 0 Å². The number of benzene rings is 1. The van der Waals surface area contributed by atoms with Crippen LogP contribution in [0.25, 0.3) is 0 Å². The second-order valence-electron chi connectivity index (χ2n) is 5.76. The number of hydrogen-bond acceptors (Lipinski definition) is 5. The molecule has 3 rings (SSSR count). The highest BCUT2D eigenvalue weighted by Gasteiger charge is 2.23. The Hall–Kier alpha value is -2.34. The predicted octanol–water partition coefficient (Wildman–Crippen LogP) is 2.57. The third-order valence-electron chi connectivity index (χ3n) is 4.13. The van der Waals surface area contributed by atoms with Crippen molar-refractivity contribution >= 4 is 29.0 Å². The van der Waals surface area contributed by atoms with Crippen molar-refractivity contribution in [2.75, 3.05) is 30.4 Å². The number of piperidine rings is 1. The summed E-state index contributed by atoms with van der Waals surface area (Å²) in [5, 5.41) is 6.68. The largest absolute Gasteiger partial charge is 0.387 e. The molecule has 1 aliphatic heterocycles. The fourth-order valence-corrected chi connectivity index (χ4v) is 3.12. The Morgan fingerprint density at radius 1 is 1.38 bits per heavy atom. The molecule has 2 N–H and O–H groups in total. The van der Waals surface area contributed by atoms with Crippen molar-refractivity contribution < 1.29 is 4.79 Å². The van der Waals surface area contributed by atoms with Gasteiger partial charge in [0.25, 0.3) is 5.91 Å². The molecule has 126 valence electrons. The zero-order chi connectivity index (χ0) is 16.9. The smallest absolute Gasteiger partial charge is 0.253 e. The van der Waals surface area contributed by atoms with Gasteiger partial charge in [-0.1, -0.05) is 11.6 Å². The van der Waals surface area contributed by atoms with Crippen molar-refractivity contribution in [2.24, 2.45) is 0 Å². The summed E-state index contributed by atoms with van der Waals surface area (Å²) in [6.07, 6.45) is 7.03. The number of anilines is 2. The van der Waals surface area contributed by atoms with Gasteiger partial charge in [0.15, 0.2) is 0 Å². The Bertz CT molecular complexity index is 709. The van der Waals surface area contributed by atoms with Gasteiger partial charge in [0.2, 0.25) is 0 Å². The summed E-state index contributed by atoms with van der Waals surface area (Å²) >= 11 is 6.03. The van der Waals surface area contributed by atoms with Crippen LogP contribution in [0.4, 0.5) is 11.5 Å². The lowest BCUT2D eigenvalue weighted by molar-refractivity contribution is 0.0934. The average Bonchev–Trinajstić information content (AvgIpc) is 2.62. The van der Waals surface area contributed by atoms with Gasteiger partial charge >= 0.3 is 0 Å². The maximum atomic E-state index is 12.6. The minimum absolute atomic E-state index is 0.0666. The second kappa shape index (κ2) is 7.49. The Morgan fingerprint density at radius 3 is 3.00 bits per heavy atom. The van der Waals surface area contributed by atoms with Gasteiger partial charge < -0.3 is 15.5 Å². The van der Waals surface area contributed by atoms with Gasteiger partial charge in [-0.2, -0.15) is 0 Å². The molecule has 0 radical (unpaired) electrons. The zero-order valence-corrected chi connectivity index (χ0v) is 14.3. The molecule has 1 saturated heterocycles. The first-order valence-electron chi connectivity index (χ1n) is 7.96. The molecule has 0 spiro atoms. The first-order valence-corrected chi connectivity index (χ1v) is 8.34. The number of nitrogens with one attached hydrogen (secondary N) is 2. The molecule has 1 fully saturated rings. The quantitative estimate of drug-likeness (QED) is 0.891. The third-order valence-corrected chi connectivity index (χ3v) is 4.36. The summed E-state index contributed by atoms with van der Waals surface area (Å²) in [5.41, 5.74) is 1.32. The molecule has 2 heterocycles. The zero-order valence-electron chi connectivity index (χ0n) is 13.5. The summed E-state index contributed by atoms with van der Waals surface area (Å²) in [7, 11) is 1.79. The highest BCUT2D eigenvalue weighted by molar-refractivity contribution is 6.31. The van der Waals surface area contributed by atoms with E-state index in [1.807, 2.05) is 6.07 Å². The lowest BCUT2D eigenvalue weighted by Crippen LogP contribution is -2.48. The van der Waals surface area contributed by atoms with E-state index in [1.54, 1.807) is 37.8 Å². The van der Waals surface area contributed by atoms with Crippen LogP contribution in [-0.2, 0) is 0 Å². The summed E-state index contributed by atoms with van der Waals surface area (Å²) in [6.45, 7) is 1.64. The molecule has 6 nitrogen and oxygen atoms in total. The normalized spacial score (nSPS) is 17.4. The van der Waals surface area contributed by atoms with Crippen LogP contribution < -0.4 is 15.5 Å². The van der Waals surface area contributed by atoms with Crippen LogP contribution >= 0.6 is 11.6 Å². The topological polar surface area (TPSA) is 70.2 Å². The van der Waals surface area contributed by atoms with E-state index >= 15 is 0 Å². The van der Waals surface area contributed by atoms with Crippen LogP contribution in [0.3, 0.4) is 0 Å². The second-order valence-corrected chi connectivity index (χ2v) is 6.20. The molecule has 1 atom stereocenters. The number of nitrogens with zero attached hydrogens (tertiary/aromatic N) is 3. The molecule has 0 saturated carbocycles. The van der Waals surface area contributed by atoms with Gasteiger partial charge in [-0.15, -0.1) is 0 Å². The Balaban J connectivity index is 1.69. The first-order chi connectivity index (χ1) is 11.7. The fourth-order valence-electron chi connectivity index (χ4n) is 2.94. The number of amides is 1. The van der Waals surface area contributed by atoms with Crippen molar-refractivity contribution in [2.45, 2.75) is 18.9 Å². The molecule has 1 amide bonds. The Kier molecular flexibility index (Phi) is 5.15. The van der Waals surface area contributed by atoms with Crippen LogP contribution in [-0.4, -0.2) is 42.1 Å². The third kappa shape index (κ3) is 3.76. The molecule has 0 unspecified atom stereocenters. The number of halogens is 1. The Morgan fingerprint density at radius 2 is 2.25 bits per heavy atom. The fraction of sp³-hybridized carbons (Fsp3) is 0.353. The van der Waals surface area contributed by atoms with E-state index in [9.17, 15) is 4.79 Å². The molecule has 1 aromatic heterocycles. The molecule has 1 aliphatic rings. The van der Waals surface area contributed by atoms with Crippen LogP contribution in [0.1, 0.15) is 23.2 Å². The van der Waals surface area contributed by atoms with Crippen LogP contribution in [0.15, 0.2) is 36.8 Å². The summed E-state index contributed by atoms with van der Waals surface area (Å²) < 4.78 is 0. The summed E-state index contributed by atoms with van der Waals surface area (Å²) in [4.78, 5) is 23.2. The standard InChI is InChI=1S/C17H20ClN5O/c1-19-15-5-4-12(18)9-14(15)17(24)22-13-3-2-8-23(11-13)16-10-20-6-7-21-16/h4-7,9-10,13,19H,2-3,8,11H2,1H3,(H,22,24)/t13-/m1/s1.